The van der Waals surface area contributed by atoms with Gasteiger partial charge in [0.05, 0.1) is 11.1 Å². The zero-order valence-corrected chi connectivity index (χ0v) is 20.4. The second-order valence-corrected chi connectivity index (χ2v) is 9.22. The molecule has 0 spiro atoms. The number of H-pyrrole nitrogens is 1. The molecule has 0 saturated carbocycles. The van der Waals surface area contributed by atoms with Crippen LogP contribution < -0.4 is 5.32 Å². The van der Waals surface area contributed by atoms with Crippen LogP contribution in [0.3, 0.4) is 0 Å². The molecule has 176 valence electrons. The third-order valence-electron chi connectivity index (χ3n) is 6.65. The molecule has 0 aliphatic carbocycles. The van der Waals surface area contributed by atoms with Crippen molar-refractivity contribution < 1.29 is 4.79 Å². The Balaban J connectivity index is 1.54. The summed E-state index contributed by atoms with van der Waals surface area (Å²) < 4.78 is 0. The predicted octanol–water partition coefficient (Wildman–Crippen LogP) is 5.01. The van der Waals surface area contributed by atoms with E-state index in [4.69, 9.17) is 11.6 Å². The molecule has 0 bridgehead atoms. The largest absolute Gasteiger partial charge is 0.361 e. The number of rotatable bonds is 5. The van der Waals surface area contributed by atoms with Gasteiger partial charge in [0.25, 0.3) is 0 Å². The third-order valence-corrected chi connectivity index (χ3v) is 7.14. The summed E-state index contributed by atoms with van der Waals surface area (Å²) in [6.45, 7) is 3.79. The predicted molar refractivity (Wildman–Crippen MR) is 134 cm³/mol. The molecule has 1 atom stereocenters. The highest BCUT2D eigenvalue weighted by Crippen LogP contribution is 2.35. The molecule has 2 N–H and O–H groups in total. The monoisotopic (exact) mass is 476 g/mol. The summed E-state index contributed by atoms with van der Waals surface area (Å²) >= 11 is 6.77. The van der Waals surface area contributed by atoms with Crippen molar-refractivity contribution in [1.82, 2.24) is 25.1 Å². The lowest BCUT2D eigenvalue weighted by atomic mass is 9.96. The van der Waals surface area contributed by atoms with Crippen LogP contribution in [-0.2, 0) is 0 Å². The number of pyridine rings is 1. The molecular formula is C26H29ClN6O. The van der Waals surface area contributed by atoms with E-state index in [-0.39, 0.29) is 12.1 Å². The SMILES string of the molecule is Cc1c(C(C#N)NC(=O)N(C)C2CCN(C)CC2)ccc(-c2cncc(-c3ccc[nH]3)c2)c1Cl. The van der Waals surface area contributed by atoms with Gasteiger partial charge in [-0.15, -0.1) is 0 Å². The molecule has 1 unspecified atom stereocenters. The average Bonchev–Trinajstić information content (AvgIpc) is 3.39. The van der Waals surface area contributed by atoms with Crippen LogP contribution >= 0.6 is 11.6 Å². The number of benzene rings is 1. The summed E-state index contributed by atoms with van der Waals surface area (Å²) in [7, 11) is 3.89. The van der Waals surface area contributed by atoms with E-state index in [1.807, 2.05) is 43.5 Å². The first-order valence-corrected chi connectivity index (χ1v) is 11.8. The molecule has 1 saturated heterocycles. The van der Waals surface area contributed by atoms with E-state index in [0.717, 1.165) is 53.9 Å². The lowest BCUT2D eigenvalue weighted by molar-refractivity contribution is 0.147. The number of urea groups is 1. The van der Waals surface area contributed by atoms with E-state index in [0.29, 0.717) is 10.6 Å². The summed E-state index contributed by atoms with van der Waals surface area (Å²) in [5, 5.41) is 13.3. The lowest BCUT2D eigenvalue weighted by Crippen LogP contribution is -2.48. The fraction of sp³-hybridized carbons (Fsp3) is 0.346. The van der Waals surface area contributed by atoms with E-state index < -0.39 is 6.04 Å². The van der Waals surface area contributed by atoms with E-state index in [1.54, 1.807) is 24.3 Å². The van der Waals surface area contributed by atoms with Gasteiger partial charge in [0, 0.05) is 54.1 Å². The highest BCUT2D eigenvalue weighted by Gasteiger charge is 2.26. The average molecular weight is 477 g/mol. The Bertz CT molecular complexity index is 1190. The van der Waals surface area contributed by atoms with E-state index in [1.165, 1.54) is 0 Å². The summed E-state index contributed by atoms with van der Waals surface area (Å²) in [6.07, 6.45) is 7.29. The Morgan fingerprint density at radius 2 is 2.03 bits per heavy atom. The number of hydrogen-bond donors (Lipinski definition) is 2. The molecule has 8 heteroatoms. The molecule has 1 aliphatic rings. The van der Waals surface area contributed by atoms with Gasteiger partial charge >= 0.3 is 6.03 Å². The lowest BCUT2D eigenvalue weighted by Gasteiger charge is -2.35. The van der Waals surface area contributed by atoms with Gasteiger partial charge < -0.3 is 20.1 Å². The molecule has 2 amide bonds. The molecule has 4 rings (SSSR count). The molecular weight excluding hydrogens is 448 g/mol. The third kappa shape index (κ3) is 4.93. The maximum atomic E-state index is 12.9. The first-order chi connectivity index (χ1) is 16.4. The van der Waals surface area contributed by atoms with Crippen LogP contribution in [0, 0.1) is 18.3 Å². The van der Waals surface area contributed by atoms with Crippen molar-refractivity contribution in [3.05, 3.63) is 65.1 Å². The Hall–Kier alpha value is -3.34. The van der Waals surface area contributed by atoms with Gasteiger partial charge in [-0.3, -0.25) is 4.98 Å². The highest BCUT2D eigenvalue weighted by atomic mass is 35.5. The smallest absolute Gasteiger partial charge is 0.318 e. The minimum atomic E-state index is -0.795. The Morgan fingerprint density at radius 1 is 1.29 bits per heavy atom. The zero-order valence-electron chi connectivity index (χ0n) is 19.7. The molecule has 0 radical (unpaired) electrons. The molecule has 34 heavy (non-hydrogen) atoms. The second-order valence-electron chi connectivity index (χ2n) is 8.84. The van der Waals surface area contributed by atoms with Crippen LogP contribution in [0.2, 0.25) is 5.02 Å². The first kappa shape index (κ1) is 23.8. The van der Waals surface area contributed by atoms with Crippen molar-refractivity contribution in [3.63, 3.8) is 0 Å². The van der Waals surface area contributed by atoms with Gasteiger partial charge in [0.2, 0.25) is 0 Å². The number of aromatic nitrogens is 2. The number of piperidine rings is 1. The number of hydrogen-bond acceptors (Lipinski definition) is 4. The van der Waals surface area contributed by atoms with Crippen molar-refractivity contribution in [1.29, 1.82) is 5.26 Å². The van der Waals surface area contributed by atoms with Gasteiger partial charge in [-0.25, -0.2) is 4.79 Å². The standard InChI is InChI=1S/C26H29ClN6O/c1-17-21(24(14-28)31-26(34)33(3)20-8-11-32(2)12-9-20)6-7-22(25(17)27)18-13-19(16-29-15-18)23-5-4-10-30-23/h4-7,10,13,15-16,20,24,30H,8-9,11-12H2,1-3H3,(H,31,34). The maximum absolute atomic E-state index is 12.9. The van der Waals surface area contributed by atoms with Gasteiger partial charge in [-0.05, 0) is 69.2 Å². The van der Waals surface area contributed by atoms with Crippen LogP contribution in [-0.4, -0.2) is 59.0 Å². The van der Waals surface area contributed by atoms with Gasteiger partial charge in [0.1, 0.15) is 6.04 Å². The van der Waals surface area contributed by atoms with Crippen LogP contribution in [0.25, 0.3) is 22.4 Å². The van der Waals surface area contributed by atoms with Crippen LogP contribution in [0.4, 0.5) is 4.79 Å². The fourth-order valence-corrected chi connectivity index (χ4v) is 4.71. The minimum absolute atomic E-state index is 0.169. The van der Waals surface area contributed by atoms with E-state index in [9.17, 15) is 10.1 Å². The summed E-state index contributed by atoms with van der Waals surface area (Å²) in [5.74, 6) is 0. The topological polar surface area (TPSA) is 88.1 Å². The number of aromatic amines is 1. The molecule has 7 nitrogen and oxygen atoms in total. The number of halogens is 1. The highest BCUT2D eigenvalue weighted by molar-refractivity contribution is 6.34. The molecule has 2 aromatic heterocycles. The molecule has 1 fully saturated rings. The number of amides is 2. The van der Waals surface area contributed by atoms with Crippen molar-refractivity contribution in [2.45, 2.75) is 31.8 Å². The Morgan fingerprint density at radius 3 is 2.71 bits per heavy atom. The first-order valence-electron chi connectivity index (χ1n) is 11.4. The minimum Gasteiger partial charge on any atom is -0.361 e. The molecule has 3 heterocycles. The van der Waals surface area contributed by atoms with Crippen molar-refractivity contribution in [2.24, 2.45) is 0 Å². The van der Waals surface area contributed by atoms with E-state index in [2.05, 4.69) is 33.3 Å². The summed E-state index contributed by atoms with van der Waals surface area (Å²) in [6, 6.07) is 11.1. The van der Waals surface area contributed by atoms with Gasteiger partial charge in [-0.1, -0.05) is 23.7 Å². The number of likely N-dealkylation sites (tertiary alicyclic amines) is 1. The molecule has 1 aromatic carbocycles. The number of nitrogens with zero attached hydrogens (tertiary/aromatic N) is 4. The second kappa shape index (κ2) is 10.3. The zero-order chi connectivity index (χ0) is 24.2. The van der Waals surface area contributed by atoms with Crippen LogP contribution in [0.15, 0.2) is 48.9 Å². The Labute approximate surface area is 205 Å². The van der Waals surface area contributed by atoms with Gasteiger partial charge in [-0.2, -0.15) is 5.26 Å². The molecule has 3 aromatic rings. The number of carbonyl (C=O) groups excluding carboxylic acids is 1. The number of nitrogens with one attached hydrogen (secondary N) is 2. The number of nitriles is 1. The van der Waals surface area contributed by atoms with Crippen molar-refractivity contribution in [2.75, 3.05) is 27.2 Å². The van der Waals surface area contributed by atoms with Gasteiger partial charge in [0.15, 0.2) is 0 Å². The van der Waals surface area contributed by atoms with E-state index >= 15 is 0 Å². The van der Waals surface area contributed by atoms with Crippen LogP contribution in [0.1, 0.15) is 30.0 Å². The summed E-state index contributed by atoms with van der Waals surface area (Å²) in [5.41, 5.74) is 5.09. The normalized spacial score (nSPS) is 15.5. The van der Waals surface area contributed by atoms with Crippen molar-refractivity contribution in [3.8, 4) is 28.5 Å². The van der Waals surface area contributed by atoms with Crippen LogP contribution in [0.5, 0.6) is 0 Å². The Kier molecular flexibility index (Phi) is 7.20. The van der Waals surface area contributed by atoms with Crippen molar-refractivity contribution >= 4 is 17.6 Å². The maximum Gasteiger partial charge on any atom is 0.318 e. The fourth-order valence-electron chi connectivity index (χ4n) is 4.43. The summed E-state index contributed by atoms with van der Waals surface area (Å²) in [4.78, 5) is 24.5. The number of carbonyl (C=O) groups is 1. The quantitative estimate of drug-likeness (QED) is 0.542. The molecule has 1 aliphatic heterocycles.